The number of nitrogens with one attached hydrogen (secondary N) is 1. The molecule has 0 atom stereocenters. The minimum Gasteiger partial charge on any atom is -0.356 e. The third kappa shape index (κ3) is 4.51. The number of amides is 1. The van der Waals surface area contributed by atoms with E-state index in [2.05, 4.69) is 77.7 Å². The van der Waals surface area contributed by atoms with Gasteiger partial charge in [-0.3, -0.25) is 4.79 Å². The Morgan fingerprint density at radius 1 is 1.19 bits per heavy atom. The van der Waals surface area contributed by atoms with E-state index in [0.29, 0.717) is 38.0 Å². The number of aromatic nitrogens is 1. The van der Waals surface area contributed by atoms with Gasteiger partial charge >= 0.3 is 0 Å². The van der Waals surface area contributed by atoms with Gasteiger partial charge in [0.25, 0.3) is 5.91 Å². The van der Waals surface area contributed by atoms with E-state index in [0.717, 1.165) is 24.7 Å². The molecule has 0 spiro atoms. The minimum atomic E-state index is -0.389. The molecule has 0 aliphatic rings. The van der Waals surface area contributed by atoms with Crippen LogP contribution >= 0.6 is 61.1 Å². The Bertz CT molecular complexity index is 1340. The molecule has 0 aliphatic carbocycles. The minimum absolute atomic E-state index is 0.172. The van der Waals surface area contributed by atoms with Crippen molar-refractivity contribution >= 4 is 83.7 Å². The van der Waals surface area contributed by atoms with Crippen LogP contribution in [-0.4, -0.2) is 11.1 Å². The van der Waals surface area contributed by atoms with Gasteiger partial charge in [0.1, 0.15) is 11.5 Å². The summed E-state index contributed by atoms with van der Waals surface area (Å²) in [5.41, 5.74) is 4.42. The summed E-state index contributed by atoms with van der Waals surface area (Å²) >= 11 is 7.75. The monoisotopic (exact) mass is 704 g/mol. The van der Waals surface area contributed by atoms with Crippen molar-refractivity contribution in [2.24, 2.45) is 0 Å². The molecule has 1 amide bonds. The molecule has 4 aromatic rings. The summed E-state index contributed by atoms with van der Waals surface area (Å²) in [6, 6.07) is 12.4. The fourth-order valence-electron chi connectivity index (χ4n) is 3.46. The molecule has 0 saturated carbocycles. The Labute approximate surface area is 214 Å². The summed E-state index contributed by atoms with van der Waals surface area (Å²) in [5, 5.41) is 7.77. The number of halogens is 4. The molecular formula is C23H16BrFI2N2O2. The molecule has 0 unspecified atom stereocenters. The first kappa shape index (κ1) is 22.7. The van der Waals surface area contributed by atoms with Crippen LogP contribution in [0.2, 0.25) is 0 Å². The molecule has 0 saturated heterocycles. The number of aryl methyl sites for hydroxylation is 1. The zero-order valence-corrected chi connectivity index (χ0v) is 22.4. The lowest BCUT2D eigenvalue weighted by molar-refractivity contribution is 0.102. The molecule has 158 valence electrons. The van der Waals surface area contributed by atoms with Gasteiger partial charge in [0.05, 0.1) is 5.39 Å². The number of nitrogens with zero attached hydrogens (tertiary/aromatic N) is 1. The van der Waals surface area contributed by atoms with Crippen molar-refractivity contribution in [3.8, 4) is 11.3 Å². The number of anilines is 1. The van der Waals surface area contributed by atoms with Crippen LogP contribution in [0.1, 0.15) is 28.4 Å². The molecule has 4 rings (SSSR count). The largest absolute Gasteiger partial charge is 0.356 e. The van der Waals surface area contributed by atoms with E-state index in [1.54, 1.807) is 18.2 Å². The lowest BCUT2D eigenvalue weighted by Crippen LogP contribution is -2.16. The van der Waals surface area contributed by atoms with Gasteiger partial charge in [-0.15, -0.1) is 0 Å². The standard InChI is InChI=1S/C23H16BrFI2N2O2/c1-3-14-16(8-13(26)9-19(14)27)23(30)28-20-10-21-17(6-11(20)2)22(29-31-21)15-5-4-12(24)7-18(15)25/h4-10H,3H2,1-2H3,(H,28,30). The Morgan fingerprint density at radius 2 is 1.97 bits per heavy atom. The van der Waals surface area contributed by atoms with E-state index in [4.69, 9.17) is 4.52 Å². The molecule has 0 aliphatic heterocycles. The molecule has 31 heavy (non-hydrogen) atoms. The van der Waals surface area contributed by atoms with Crippen molar-refractivity contribution in [2.75, 3.05) is 5.32 Å². The number of rotatable bonds is 4. The van der Waals surface area contributed by atoms with Crippen LogP contribution in [-0.2, 0) is 6.42 Å². The van der Waals surface area contributed by atoms with Gasteiger partial charge in [0.15, 0.2) is 5.58 Å². The van der Waals surface area contributed by atoms with Gasteiger partial charge in [0, 0.05) is 34.5 Å². The second-order valence-electron chi connectivity index (χ2n) is 7.04. The van der Waals surface area contributed by atoms with Gasteiger partial charge in [0.2, 0.25) is 0 Å². The predicted octanol–water partition coefficient (Wildman–Crippen LogP) is 7.73. The average Bonchev–Trinajstić information content (AvgIpc) is 3.10. The zero-order valence-electron chi connectivity index (χ0n) is 16.5. The highest BCUT2D eigenvalue weighted by Gasteiger charge is 2.19. The first-order valence-electron chi connectivity index (χ1n) is 9.43. The topological polar surface area (TPSA) is 55.1 Å². The van der Waals surface area contributed by atoms with Crippen LogP contribution in [0.5, 0.6) is 0 Å². The van der Waals surface area contributed by atoms with Gasteiger partial charge < -0.3 is 9.84 Å². The number of benzene rings is 3. The van der Waals surface area contributed by atoms with Crippen LogP contribution in [0, 0.1) is 19.9 Å². The molecule has 3 aromatic carbocycles. The van der Waals surface area contributed by atoms with Crippen LogP contribution in [0.25, 0.3) is 22.2 Å². The summed E-state index contributed by atoms with van der Waals surface area (Å²) in [5.74, 6) is -0.561. The molecule has 8 heteroatoms. The molecule has 4 nitrogen and oxygen atoms in total. The summed E-state index contributed by atoms with van der Waals surface area (Å²) in [4.78, 5) is 13.1. The third-order valence-corrected chi connectivity index (χ3v) is 7.09. The van der Waals surface area contributed by atoms with E-state index < -0.39 is 0 Å². The highest BCUT2D eigenvalue weighted by Crippen LogP contribution is 2.34. The van der Waals surface area contributed by atoms with E-state index in [9.17, 15) is 9.18 Å². The van der Waals surface area contributed by atoms with Crippen molar-refractivity contribution in [1.82, 2.24) is 5.16 Å². The number of carbonyl (C=O) groups is 1. The molecule has 0 fully saturated rings. The zero-order chi connectivity index (χ0) is 22.3. The summed E-state index contributed by atoms with van der Waals surface area (Å²) in [6.07, 6.45) is 0.764. The lowest BCUT2D eigenvalue weighted by atomic mass is 10.0. The van der Waals surface area contributed by atoms with Crippen molar-refractivity contribution in [3.05, 3.63) is 76.6 Å². The predicted molar refractivity (Wildman–Crippen MR) is 141 cm³/mol. The van der Waals surface area contributed by atoms with E-state index in [-0.39, 0.29) is 11.7 Å². The first-order valence-corrected chi connectivity index (χ1v) is 12.4. The van der Waals surface area contributed by atoms with E-state index >= 15 is 0 Å². The molecule has 1 aromatic heterocycles. The van der Waals surface area contributed by atoms with Gasteiger partial charge in [-0.25, -0.2) is 4.39 Å². The number of hydrogen-bond acceptors (Lipinski definition) is 3. The summed E-state index contributed by atoms with van der Waals surface area (Å²) < 4.78 is 22.7. The highest BCUT2D eigenvalue weighted by atomic mass is 127. The van der Waals surface area contributed by atoms with Gasteiger partial charge in [-0.2, -0.15) is 0 Å². The molecule has 1 heterocycles. The van der Waals surface area contributed by atoms with Crippen LogP contribution in [0.4, 0.5) is 10.1 Å². The Kier molecular flexibility index (Phi) is 6.68. The number of fused-ring (bicyclic) bond motifs is 1. The van der Waals surface area contributed by atoms with Crippen LogP contribution < -0.4 is 5.32 Å². The van der Waals surface area contributed by atoms with Gasteiger partial charge in [-0.1, -0.05) is 28.0 Å². The quantitative estimate of drug-likeness (QED) is 0.222. The molecule has 0 radical (unpaired) electrons. The summed E-state index contributed by atoms with van der Waals surface area (Å²) in [6.45, 7) is 3.93. The molecule has 1 N–H and O–H groups in total. The Morgan fingerprint density at radius 3 is 2.68 bits per heavy atom. The van der Waals surface area contributed by atoms with Crippen molar-refractivity contribution in [3.63, 3.8) is 0 Å². The first-order chi connectivity index (χ1) is 14.8. The van der Waals surface area contributed by atoms with Crippen molar-refractivity contribution in [1.29, 1.82) is 0 Å². The van der Waals surface area contributed by atoms with E-state index in [1.807, 2.05) is 26.0 Å². The SMILES string of the molecule is CCc1c(I)cc(I)cc1C(=O)Nc1cc2onc(-c3ccc(Br)cc3F)c2cc1C. The molecular weight excluding hydrogens is 689 g/mol. The maximum atomic E-state index is 14.4. The second kappa shape index (κ2) is 9.14. The van der Waals surface area contributed by atoms with E-state index in [1.165, 1.54) is 6.07 Å². The Hall–Kier alpha value is -1.53. The van der Waals surface area contributed by atoms with Crippen molar-refractivity contribution < 1.29 is 13.7 Å². The fourth-order valence-corrected chi connectivity index (χ4v) is 6.02. The lowest BCUT2D eigenvalue weighted by Gasteiger charge is -2.13. The fraction of sp³-hybridized carbons (Fsp3) is 0.130. The van der Waals surface area contributed by atoms with Gasteiger partial charge in [-0.05, 0) is 106 Å². The highest BCUT2D eigenvalue weighted by molar-refractivity contribution is 14.1. The number of carbonyl (C=O) groups excluding carboxylic acids is 1. The maximum Gasteiger partial charge on any atom is 0.256 e. The average molecular weight is 705 g/mol. The third-order valence-electron chi connectivity index (χ3n) is 5.01. The summed E-state index contributed by atoms with van der Waals surface area (Å²) in [7, 11) is 0. The van der Waals surface area contributed by atoms with Crippen molar-refractivity contribution in [2.45, 2.75) is 20.3 Å². The number of hydrogen-bond donors (Lipinski definition) is 1. The Balaban J connectivity index is 1.72. The maximum absolute atomic E-state index is 14.4. The van der Waals surface area contributed by atoms with Crippen LogP contribution in [0.3, 0.4) is 0 Å². The normalized spacial score (nSPS) is 11.2. The van der Waals surface area contributed by atoms with Crippen LogP contribution in [0.15, 0.2) is 51.5 Å². The molecule has 0 bridgehead atoms. The smallest absolute Gasteiger partial charge is 0.256 e. The second-order valence-corrected chi connectivity index (χ2v) is 10.4.